The number of amides is 1. The van der Waals surface area contributed by atoms with Crippen LogP contribution in [0.2, 0.25) is 0 Å². The van der Waals surface area contributed by atoms with Gasteiger partial charge in [0, 0.05) is 25.0 Å². The van der Waals surface area contributed by atoms with Crippen LogP contribution < -0.4 is 5.32 Å². The molecule has 0 radical (unpaired) electrons. The van der Waals surface area contributed by atoms with Crippen molar-refractivity contribution in [3.8, 4) is 0 Å². The topological polar surface area (TPSA) is 73.9 Å². The Bertz CT molecular complexity index is 426. The second-order valence-corrected chi connectivity index (χ2v) is 5.31. The van der Waals surface area contributed by atoms with Crippen molar-refractivity contribution in [3.05, 3.63) is 11.6 Å². The zero-order chi connectivity index (χ0) is 13.8. The molecule has 1 heterocycles. The van der Waals surface area contributed by atoms with Gasteiger partial charge >= 0.3 is 0 Å². The van der Waals surface area contributed by atoms with Gasteiger partial charge < -0.3 is 5.32 Å². The first kappa shape index (κ1) is 14.0. The zero-order valence-electron chi connectivity index (χ0n) is 11.9. The lowest BCUT2D eigenvalue weighted by atomic mass is 10.3. The molecule has 0 aromatic carbocycles. The van der Waals surface area contributed by atoms with Crippen LogP contribution in [0.5, 0.6) is 0 Å². The van der Waals surface area contributed by atoms with Crippen molar-refractivity contribution >= 4 is 5.91 Å². The van der Waals surface area contributed by atoms with Crippen molar-refractivity contribution in [1.82, 2.24) is 25.4 Å². The zero-order valence-corrected chi connectivity index (χ0v) is 11.9. The van der Waals surface area contributed by atoms with E-state index in [-0.39, 0.29) is 11.7 Å². The molecule has 2 N–H and O–H groups in total. The second kappa shape index (κ2) is 6.14. The predicted molar refractivity (Wildman–Crippen MR) is 73.0 cm³/mol. The third-order valence-electron chi connectivity index (χ3n) is 3.60. The Labute approximate surface area is 114 Å². The van der Waals surface area contributed by atoms with Crippen LogP contribution in [0.25, 0.3) is 0 Å². The van der Waals surface area contributed by atoms with E-state index in [9.17, 15) is 4.79 Å². The number of carbonyl (C=O) groups excluding carboxylic acids is 1. The summed E-state index contributed by atoms with van der Waals surface area (Å²) in [6.45, 7) is 4.82. The predicted octanol–water partition coefficient (Wildman–Crippen LogP) is 0.970. The van der Waals surface area contributed by atoms with Crippen LogP contribution in [0.4, 0.5) is 0 Å². The summed E-state index contributed by atoms with van der Waals surface area (Å²) >= 11 is 0. The molecule has 0 spiro atoms. The van der Waals surface area contributed by atoms with Crippen LogP contribution in [0.3, 0.4) is 0 Å². The highest BCUT2D eigenvalue weighted by atomic mass is 16.2. The number of rotatable bonds is 7. The molecule has 1 atom stereocenters. The van der Waals surface area contributed by atoms with E-state index < -0.39 is 0 Å². The summed E-state index contributed by atoms with van der Waals surface area (Å²) in [6, 6.07) is 1.04. The van der Waals surface area contributed by atoms with Crippen molar-refractivity contribution in [2.24, 2.45) is 0 Å². The fourth-order valence-electron chi connectivity index (χ4n) is 2.05. The molecular formula is C13H23N5O. The van der Waals surface area contributed by atoms with E-state index in [2.05, 4.69) is 46.3 Å². The van der Waals surface area contributed by atoms with Gasteiger partial charge in [0.05, 0.1) is 0 Å². The highest BCUT2D eigenvalue weighted by molar-refractivity contribution is 5.90. The average molecular weight is 265 g/mol. The number of hydrogen-bond donors (Lipinski definition) is 2. The van der Waals surface area contributed by atoms with E-state index in [4.69, 9.17) is 0 Å². The first-order valence-corrected chi connectivity index (χ1v) is 7.03. The van der Waals surface area contributed by atoms with Crippen molar-refractivity contribution in [2.75, 3.05) is 13.6 Å². The molecule has 1 unspecified atom stereocenters. The fourth-order valence-corrected chi connectivity index (χ4v) is 2.05. The van der Waals surface area contributed by atoms with Gasteiger partial charge in [-0.15, -0.1) is 5.10 Å². The van der Waals surface area contributed by atoms with E-state index in [1.165, 1.54) is 12.8 Å². The Kier molecular flexibility index (Phi) is 4.52. The third-order valence-corrected chi connectivity index (χ3v) is 3.60. The number of aromatic nitrogens is 3. The smallest absolute Gasteiger partial charge is 0.291 e. The number of nitrogens with one attached hydrogen (secondary N) is 2. The van der Waals surface area contributed by atoms with Crippen LogP contribution in [-0.2, 0) is 6.42 Å². The maximum atomic E-state index is 11.9. The summed E-state index contributed by atoms with van der Waals surface area (Å²) in [6.07, 6.45) is 4.35. The number of nitrogens with zero attached hydrogens (tertiary/aromatic N) is 3. The van der Waals surface area contributed by atoms with Gasteiger partial charge in [0.2, 0.25) is 5.82 Å². The lowest BCUT2D eigenvalue weighted by molar-refractivity contribution is 0.0929. The van der Waals surface area contributed by atoms with Crippen molar-refractivity contribution < 1.29 is 4.79 Å². The van der Waals surface area contributed by atoms with Crippen LogP contribution in [0.1, 0.15) is 49.6 Å². The van der Waals surface area contributed by atoms with Gasteiger partial charge in [0.1, 0.15) is 5.82 Å². The molecule has 6 nitrogen and oxygen atoms in total. The molecular weight excluding hydrogens is 242 g/mol. The largest absolute Gasteiger partial charge is 0.348 e. The number of hydrogen-bond acceptors (Lipinski definition) is 4. The summed E-state index contributed by atoms with van der Waals surface area (Å²) in [5, 5.41) is 9.63. The summed E-state index contributed by atoms with van der Waals surface area (Å²) in [5.41, 5.74) is 0. The minimum atomic E-state index is -0.199. The minimum absolute atomic E-state index is 0.199. The SMILES string of the molecule is CCCc1nc(C(=O)NCC(C)N(C)C2CC2)n[nH]1. The highest BCUT2D eigenvalue weighted by Gasteiger charge is 2.29. The number of H-pyrrole nitrogens is 1. The standard InChI is InChI=1S/C13H23N5O/c1-4-5-11-15-12(17-16-11)13(19)14-8-9(2)18(3)10-6-7-10/h9-10H,4-8H2,1-3H3,(H,14,19)(H,15,16,17). The Morgan fingerprint density at radius 2 is 2.32 bits per heavy atom. The maximum absolute atomic E-state index is 11.9. The molecule has 1 aromatic rings. The van der Waals surface area contributed by atoms with E-state index >= 15 is 0 Å². The number of carbonyl (C=O) groups is 1. The lowest BCUT2D eigenvalue weighted by Gasteiger charge is -2.24. The fraction of sp³-hybridized carbons (Fsp3) is 0.769. The molecule has 1 aliphatic carbocycles. The van der Waals surface area contributed by atoms with Gasteiger partial charge in [-0.25, -0.2) is 4.98 Å². The molecule has 106 valence electrons. The summed E-state index contributed by atoms with van der Waals surface area (Å²) < 4.78 is 0. The highest BCUT2D eigenvalue weighted by Crippen LogP contribution is 2.26. The number of aromatic amines is 1. The van der Waals surface area contributed by atoms with Crippen LogP contribution >= 0.6 is 0 Å². The van der Waals surface area contributed by atoms with Gasteiger partial charge in [-0.05, 0) is 33.2 Å². The molecule has 1 aromatic heterocycles. The van der Waals surface area contributed by atoms with Gasteiger partial charge in [-0.1, -0.05) is 6.92 Å². The van der Waals surface area contributed by atoms with E-state index in [0.29, 0.717) is 18.6 Å². The second-order valence-electron chi connectivity index (χ2n) is 5.31. The molecule has 0 bridgehead atoms. The molecule has 1 fully saturated rings. The van der Waals surface area contributed by atoms with Crippen LogP contribution in [0, 0.1) is 0 Å². The Balaban J connectivity index is 1.79. The molecule has 0 saturated heterocycles. The van der Waals surface area contributed by atoms with Gasteiger partial charge in [0.15, 0.2) is 0 Å². The monoisotopic (exact) mass is 265 g/mol. The quantitative estimate of drug-likeness (QED) is 0.770. The lowest BCUT2D eigenvalue weighted by Crippen LogP contribution is -2.41. The average Bonchev–Trinajstić information content (AvgIpc) is 3.15. The molecule has 0 aliphatic heterocycles. The Hall–Kier alpha value is -1.43. The minimum Gasteiger partial charge on any atom is -0.348 e. The van der Waals surface area contributed by atoms with E-state index in [0.717, 1.165) is 18.7 Å². The third kappa shape index (κ3) is 3.76. The normalized spacial score (nSPS) is 16.6. The first-order chi connectivity index (χ1) is 9.11. The molecule has 1 aliphatic rings. The first-order valence-electron chi connectivity index (χ1n) is 7.03. The molecule has 19 heavy (non-hydrogen) atoms. The summed E-state index contributed by atoms with van der Waals surface area (Å²) in [4.78, 5) is 18.4. The van der Waals surface area contributed by atoms with E-state index in [1.807, 2.05) is 0 Å². The van der Waals surface area contributed by atoms with Gasteiger partial charge in [-0.2, -0.15) is 0 Å². The molecule has 6 heteroatoms. The molecule has 1 saturated carbocycles. The Morgan fingerprint density at radius 1 is 1.58 bits per heavy atom. The molecule has 2 rings (SSSR count). The van der Waals surface area contributed by atoms with Crippen molar-refractivity contribution in [2.45, 2.75) is 51.6 Å². The Morgan fingerprint density at radius 3 is 2.95 bits per heavy atom. The summed E-state index contributed by atoms with van der Waals surface area (Å²) in [7, 11) is 2.11. The van der Waals surface area contributed by atoms with Crippen LogP contribution in [0.15, 0.2) is 0 Å². The van der Waals surface area contributed by atoms with E-state index in [1.54, 1.807) is 0 Å². The van der Waals surface area contributed by atoms with Gasteiger partial charge in [-0.3, -0.25) is 14.8 Å². The van der Waals surface area contributed by atoms with Crippen LogP contribution in [-0.4, -0.2) is 51.7 Å². The maximum Gasteiger partial charge on any atom is 0.291 e. The number of likely N-dealkylation sites (N-methyl/N-ethyl adjacent to an activating group) is 1. The molecule has 1 amide bonds. The van der Waals surface area contributed by atoms with Gasteiger partial charge in [0.25, 0.3) is 5.91 Å². The van der Waals surface area contributed by atoms with Crippen molar-refractivity contribution in [1.29, 1.82) is 0 Å². The summed E-state index contributed by atoms with van der Waals surface area (Å²) in [5.74, 6) is 0.815. The van der Waals surface area contributed by atoms with Crippen molar-refractivity contribution in [3.63, 3.8) is 0 Å². The number of aryl methyl sites for hydroxylation is 1.